The first kappa shape index (κ1) is 43.0. The van der Waals surface area contributed by atoms with Gasteiger partial charge >= 0.3 is 0 Å². The van der Waals surface area contributed by atoms with Crippen molar-refractivity contribution in [3.63, 3.8) is 0 Å². The molecule has 0 unspecified atom stereocenters. The number of amides is 1. The summed E-state index contributed by atoms with van der Waals surface area (Å²) in [5.41, 5.74) is 5.43. The van der Waals surface area contributed by atoms with Crippen LogP contribution in [0.3, 0.4) is 0 Å². The average Bonchev–Trinajstić information content (AvgIpc) is 3.72. The lowest BCUT2D eigenvalue weighted by Gasteiger charge is -2.39. The fourth-order valence-electron chi connectivity index (χ4n) is 8.48. The van der Waals surface area contributed by atoms with E-state index in [0.29, 0.717) is 54.4 Å². The van der Waals surface area contributed by atoms with Crippen molar-refractivity contribution in [2.24, 2.45) is 5.41 Å². The van der Waals surface area contributed by atoms with Crippen LogP contribution >= 0.6 is 23.2 Å². The number of hydrogen-bond donors (Lipinski definition) is 3. The lowest BCUT2D eigenvalue weighted by Crippen LogP contribution is -2.47. The van der Waals surface area contributed by atoms with Crippen LogP contribution in [-0.2, 0) is 14.8 Å². The summed E-state index contributed by atoms with van der Waals surface area (Å²) in [6.07, 6.45) is 5.38. The van der Waals surface area contributed by atoms with Crippen molar-refractivity contribution in [1.29, 1.82) is 0 Å². The van der Waals surface area contributed by atoms with E-state index in [-0.39, 0.29) is 46.0 Å². The number of nitrogens with zero attached hydrogens (tertiary/aromatic N) is 3. The Morgan fingerprint density at radius 3 is 2.46 bits per heavy atom. The summed E-state index contributed by atoms with van der Waals surface area (Å²) >= 11 is 13.2. The average molecular weight is 890 g/mol. The Hall–Kier alpha value is -4.66. The monoisotopic (exact) mass is 888 g/mol. The number of sulfonamides is 1. The van der Waals surface area contributed by atoms with Gasteiger partial charge in [-0.25, -0.2) is 17.5 Å². The van der Waals surface area contributed by atoms with Crippen LogP contribution < -0.4 is 19.7 Å². The summed E-state index contributed by atoms with van der Waals surface area (Å²) in [5.74, 6) is -0.349. The van der Waals surface area contributed by atoms with E-state index in [9.17, 15) is 13.2 Å². The Bertz CT molecular complexity index is 2570. The Balaban J connectivity index is 1.02. The number of aromatic amines is 1. The first-order valence-corrected chi connectivity index (χ1v) is 23.0. The number of H-pyrrole nitrogens is 1. The van der Waals surface area contributed by atoms with E-state index in [1.165, 1.54) is 34.9 Å². The van der Waals surface area contributed by atoms with Crippen LogP contribution in [0.15, 0.2) is 89.5 Å². The lowest BCUT2D eigenvalue weighted by atomic mass is 9.72. The number of carbonyl (C=O) groups excluding carboxylic acids is 1. The Kier molecular flexibility index (Phi) is 12.4. The Morgan fingerprint density at radius 1 is 0.967 bits per heavy atom. The molecule has 3 N–H and O–H groups in total. The number of fused-ring (bicyclic) bond motifs is 1. The molecule has 322 valence electrons. The van der Waals surface area contributed by atoms with Crippen molar-refractivity contribution in [3.8, 4) is 11.5 Å². The van der Waals surface area contributed by atoms with Gasteiger partial charge in [-0.15, -0.1) is 0 Å². The molecule has 3 heterocycles. The molecule has 8 rings (SSSR count). The SMILES string of the molecule is Cc1cc(S(=O)(=O)NC(=O)c2cc(Cl)c(N3CCN(CC4=C(c5ccc(Cl)cc5)CC(C)(C)CC4)CC3)cc2Oc2cccc3[nH]ncc23)ccc1NCC1(F)CCOCC1. The van der Waals surface area contributed by atoms with E-state index in [0.717, 1.165) is 49.4 Å². The third kappa shape index (κ3) is 9.86. The van der Waals surface area contributed by atoms with Gasteiger partial charge in [0.05, 0.1) is 38.3 Å². The van der Waals surface area contributed by atoms with Crippen LogP contribution in [0.4, 0.5) is 15.8 Å². The minimum absolute atomic E-state index is 0.0574. The third-order valence-electron chi connectivity index (χ3n) is 12.2. The highest BCUT2D eigenvalue weighted by molar-refractivity contribution is 7.90. The first-order valence-electron chi connectivity index (χ1n) is 20.7. The summed E-state index contributed by atoms with van der Waals surface area (Å²) in [5, 5.41) is 11.9. The number of aryl methyl sites for hydroxylation is 1. The summed E-state index contributed by atoms with van der Waals surface area (Å²) in [4.78, 5) is 18.6. The fraction of sp³-hybridized carbons (Fsp3) is 0.391. The minimum Gasteiger partial charge on any atom is -0.456 e. The number of piperazine rings is 1. The molecular weight excluding hydrogens is 839 g/mol. The molecule has 2 aliphatic heterocycles. The highest BCUT2D eigenvalue weighted by Crippen LogP contribution is 2.44. The summed E-state index contributed by atoms with van der Waals surface area (Å²) in [7, 11) is -4.36. The number of alkyl halides is 1. The van der Waals surface area contributed by atoms with Gasteiger partial charge in [-0.05, 0) is 96.8 Å². The van der Waals surface area contributed by atoms with Gasteiger partial charge < -0.3 is 19.7 Å². The smallest absolute Gasteiger partial charge is 0.268 e. The molecule has 1 amide bonds. The molecule has 1 aliphatic carbocycles. The maximum atomic E-state index is 15.2. The molecule has 15 heteroatoms. The van der Waals surface area contributed by atoms with Crippen LogP contribution in [0.1, 0.15) is 67.4 Å². The predicted octanol–water partition coefficient (Wildman–Crippen LogP) is 9.81. The maximum Gasteiger partial charge on any atom is 0.268 e. The van der Waals surface area contributed by atoms with E-state index in [1.54, 1.807) is 37.4 Å². The molecule has 0 saturated carbocycles. The molecule has 61 heavy (non-hydrogen) atoms. The number of aromatic nitrogens is 2. The quantitative estimate of drug-likeness (QED) is 0.112. The van der Waals surface area contributed by atoms with Gasteiger partial charge in [-0.3, -0.25) is 14.8 Å². The number of allylic oxidation sites excluding steroid dienone is 1. The van der Waals surface area contributed by atoms with E-state index in [2.05, 4.69) is 56.0 Å². The highest BCUT2D eigenvalue weighted by atomic mass is 35.5. The van der Waals surface area contributed by atoms with Crippen LogP contribution in [0.5, 0.6) is 11.5 Å². The predicted molar refractivity (Wildman–Crippen MR) is 240 cm³/mol. The van der Waals surface area contributed by atoms with Crippen molar-refractivity contribution < 1.29 is 27.1 Å². The van der Waals surface area contributed by atoms with Crippen molar-refractivity contribution in [2.45, 2.75) is 63.4 Å². The zero-order chi connectivity index (χ0) is 42.9. The fourth-order valence-corrected chi connectivity index (χ4v) is 9.94. The molecule has 2 fully saturated rings. The zero-order valence-corrected chi connectivity index (χ0v) is 37.0. The molecule has 0 radical (unpaired) electrons. The molecule has 5 aromatic rings. The van der Waals surface area contributed by atoms with Gasteiger partial charge in [0.15, 0.2) is 0 Å². The van der Waals surface area contributed by atoms with Gasteiger partial charge in [0.1, 0.15) is 17.2 Å². The lowest BCUT2D eigenvalue weighted by molar-refractivity contribution is -0.00116. The van der Waals surface area contributed by atoms with Gasteiger partial charge in [-0.2, -0.15) is 5.10 Å². The second kappa shape index (κ2) is 17.6. The molecule has 0 atom stereocenters. The molecule has 3 aliphatic rings. The number of nitrogens with one attached hydrogen (secondary N) is 3. The highest BCUT2D eigenvalue weighted by Gasteiger charge is 2.33. The first-order chi connectivity index (χ1) is 29.2. The van der Waals surface area contributed by atoms with Crippen LogP contribution in [0.25, 0.3) is 16.5 Å². The summed E-state index contributed by atoms with van der Waals surface area (Å²) in [6, 6.07) is 21.2. The van der Waals surface area contributed by atoms with E-state index < -0.39 is 21.6 Å². The molecule has 0 bridgehead atoms. The topological polar surface area (TPSA) is 129 Å². The number of halogens is 3. The number of benzene rings is 4. The number of ether oxygens (including phenoxy) is 2. The van der Waals surface area contributed by atoms with Gasteiger partial charge in [-0.1, -0.05) is 60.8 Å². The third-order valence-corrected chi connectivity index (χ3v) is 14.1. The second-order valence-corrected chi connectivity index (χ2v) is 19.7. The number of anilines is 2. The largest absolute Gasteiger partial charge is 0.456 e. The van der Waals surface area contributed by atoms with Crippen molar-refractivity contribution in [2.75, 3.05) is 62.7 Å². The number of hydrogen-bond acceptors (Lipinski definition) is 9. The number of carbonyl (C=O) groups is 1. The van der Waals surface area contributed by atoms with Crippen LogP contribution in [-0.4, -0.2) is 87.6 Å². The molecular formula is C46H51Cl2FN6O5S. The Morgan fingerprint density at radius 2 is 1.72 bits per heavy atom. The maximum absolute atomic E-state index is 15.2. The van der Waals surface area contributed by atoms with E-state index in [1.807, 2.05) is 18.2 Å². The number of rotatable bonds is 12. The second-order valence-electron chi connectivity index (χ2n) is 17.2. The standard InChI is InChI=1S/C46H51Cl2FN6O5S/c1-30-23-34(11-12-39(30)50-29-46(49)15-21-59-22-16-46)61(57,58)53-44(56)35-24-38(48)41(25-43(35)60-42-6-4-5-40-37(42)27-51-52-40)55-19-17-54(18-20-55)28-32-13-14-45(2,3)26-36(32)31-7-9-33(47)10-8-31/h4-12,23-25,27,50H,13-22,26,28-29H2,1-3H3,(H,51,52)(H,53,56). The van der Waals surface area contributed by atoms with Gasteiger partial charge in [0.25, 0.3) is 15.9 Å². The molecule has 1 aromatic heterocycles. The van der Waals surface area contributed by atoms with Crippen LogP contribution in [0.2, 0.25) is 10.0 Å². The summed E-state index contributed by atoms with van der Waals surface area (Å²) in [6.45, 7) is 11.0. The van der Waals surface area contributed by atoms with Crippen molar-refractivity contribution in [1.82, 2.24) is 19.8 Å². The molecule has 0 spiro atoms. The van der Waals surface area contributed by atoms with Gasteiger partial charge in [0.2, 0.25) is 0 Å². The zero-order valence-electron chi connectivity index (χ0n) is 34.6. The Labute approximate surface area is 366 Å². The van der Waals surface area contributed by atoms with Crippen molar-refractivity contribution in [3.05, 3.63) is 111 Å². The summed E-state index contributed by atoms with van der Waals surface area (Å²) < 4.78 is 56.7. The minimum atomic E-state index is -4.36. The van der Waals surface area contributed by atoms with Crippen LogP contribution in [0, 0.1) is 12.3 Å². The van der Waals surface area contributed by atoms with Crippen molar-refractivity contribution >= 4 is 67.0 Å². The normalized spacial score (nSPS) is 18.3. The molecule has 2 saturated heterocycles. The van der Waals surface area contributed by atoms with Gasteiger partial charge in [0, 0.05) is 82.1 Å². The molecule has 4 aromatic carbocycles. The molecule has 11 nitrogen and oxygen atoms in total. The van der Waals surface area contributed by atoms with E-state index >= 15 is 4.39 Å². The van der Waals surface area contributed by atoms with E-state index in [4.69, 9.17) is 32.7 Å².